The van der Waals surface area contributed by atoms with Crippen LogP contribution in [0.15, 0.2) is 78.9 Å². The number of para-hydroxylation sites is 1. The van der Waals surface area contributed by atoms with E-state index in [1.807, 2.05) is 85.8 Å². The lowest BCUT2D eigenvalue weighted by Gasteiger charge is -2.37. The highest BCUT2D eigenvalue weighted by Crippen LogP contribution is 2.36. The van der Waals surface area contributed by atoms with Crippen LogP contribution in [0.4, 0.5) is 5.69 Å². The fourth-order valence-corrected chi connectivity index (χ4v) is 4.76. The normalized spacial score (nSPS) is 19.0. The average molecular weight is 442 g/mol. The van der Waals surface area contributed by atoms with Gasteiger partial charge in [0.1, 0.15) is 5.54 Å². The molecule has 1 aliphatic rings. The molecule has 0 aromatic heterocycles. The van der Waals surface area contributed by atoms with Crippen LogP contribution >= 0.6 is 0 Å². The highest BCUT2D eigenvalue weighted by molar-refractivity contribution is 6.04. The zero-order valence-corrected chi connectivity index (χ0v) is 19.0. The predicted octanol–water partition coefficient (Wildman–Crippen LogP) is 3.91. The summed E-state index contributed by atoms with van der Waals surface area (Å²) in [6.45, 7) is 2.42. The van der Waals surface area contributed by atoms with Crippen molar-refractivity contribution in [3.8, 4) is 0 Å². The largest absolute Gasteiger partial charge is 0.369 e. The van der Waals surface area contributed by atoms with Crippen LogP contribution in [-0.4, -0.2) is 17.4 Å². The molecule has 170 valence electrons. The lowest BCUT2D eigenvalue weighted by Crippen LogP contribution is -2.62. The number of hydrogen-bond acceptors (Lipinski definition) is 3. The third kappa shape index (κ3) is 4.83. The SMILES string of the molecule is Cc1ccc(CN2C(=O)[C@@](N)([C@H](CCc3ccccc3)C(N)=O)CCc3ccccc32)cc1. The smallest absolute Gasteiger partial charge is 0.248 e. The molecule has 0 saturated carbocycles. The van der Waals surface area contributed by atoms with E-state index in [0.29, 0.717) is 32.2 Å². The summed E-state index contributed by atoms with van der Waals surface area (Å²) in [6, 6.07) is 25.9. The summed E-state index contributed by atoms with van der Waals surface area (Å²) in [7, 11) is 0. The molecule has 0 aliphatic carbocycles. The van der Waals surface area contributed by atoms with Gasteiger partial charge in [-0.2, -0.15) is 0 Å². The number of fused-ring (bicyclic) bond motifs is 1. The molecule has 0 bridgehead atoms. The minimum absolute atomic E-state index is 0.245. The van der Waals surface area contributed by atoms with E-state index in [0.717, 1.165) is 27.9 Å². The lowest BCUT2D eigenvalue weighted by atomic mass is 9.76. The van der Waals surface area contributed by atoms with Gasteiger partial charge in [0.25, 0.3) is 0 Å². The molecule has 33 heavy (non-hydrogen) atoms. The molecule has 0 radical (unpaired) electrons. The van der Waals surface area contributed by atoms with E-state index in [-0.39, 0.29) is 5.91 Å². The Morgan fingerprint density at radius 1 is 0.970 bits per heavy atom. The van der Waals surface area contributed by atoms with Crippen LogP contribution in [0.5, 0.6) is 0 Å². The molecular formula is C28H31N3O2. The van der Waals surface area contributed by atoms with Gasteiger partial charge in [-0.1, -0.05) is 78.4 Å². The third-order valence-corrected chi connectivity index (χ3v) is 6.72. The number of benzene rings is 3. The van der Waals surface area contributed by atoms with Gasteiger partial charge in [0.2, 0.25) is 11.8 Å². The fourth-order valence-electron chi connectivity index (χ4n) is 4.76. The van der Waals surface area contributed by atoms with E-state index in [4.69, 9.17) is 11.5 Å². The molecule has 4 N–H and O–H groups in total. The molecule has 2 amide bonds. The fraction of sp³-hybridized carbons (Fsp3) is 0.286. The second-order valence-electron chi connectivity index (χ2n) is 9.03. The third-order valence-electron chi connectivity index (χ3n) is 6.72. The first kappa shape index (κ1) is 22.7. The summed E-state index contributed by atoms with van der Waals surface area (Å²) in [5, 5.41) is 0. The summed E-state index contributed by atoms with van der Waals surface area (Å²) in [6.07, 6.45) is 2.04. The number of nitrogens with zero attached hydrogens (tertiary/aromatic N) is 1. The standard InChI is InChI=1S/C28H31N3O2/c1-20-11-13-22(14-12-20)19-31-25-10-6-5-9-23(25)17-18-28(30,27(31)33)24(26(29)32)16-15-21-7-3-2-4-8-21/h2-14,24H,15-19,30H2,1H3,(H2,29,32)/t24-,28+/m1/s1. The van der Waals surface area contributed by atoms with E-state index in [1.165, 1.54) is 0 Å². The topological polar surface area (TPSA) is 89.4 Å². The maximum Gasteiger partial charge on any atom is 0.248 e. The first-order valence-electron chi connectivity index (χ1n) is 11.5. The lowest BCUT2D eigenvalue weighted by molar-refractivity contribution is -0.133. The summed E-state index contributed by atoms with van der Waals surface area (Å²) in [5.74, 6) is -1.53. The van der Waals surface area contributed by atoms with Crippen LogP contribution in [-0.2, 0) is 29.0 Å². The summed E-state index contributed by atoms with van der Waals surface area (Å²) in [5.41, 5.74) is 16.5. The van der Waals surface area contributed by atoms with Crippen molar-refractivity contribution in [1.29, 1.82) is 0 Å². The van der Waals surface area contributed by atoms with Crippen LogP contribution in [0.25, 0.3) is 0 Å². The van der Waals surface area contributed by atoms with Crippen LogP contribution in [0.1, 0.15) is 35.1 Å². The first-order chi connectivity index (χ1) is 15.9. The molecule has 0 unspecified atom stereocenters. The zero-order chi connectivity index (χ0) is 23.4. The molecule has 0 spiro atoms. The monoisotopic (exact) mass is 441 g/mol. The predicted molar refractivity (Wildman–Crippen MR) is 131 cm³/mol. The minimum Gasteiger partial charge on any atom is -0.369 e. The zero-order valence-electron chi connectivity index (χ0n) is 19.0. The maximum absolute atomic E-state index is 14.1. The van der Waals surface area contributed by atoms with Crippen molar-refractivity contribution in [2.75, 3.05) is 4.90 Å². The number of anilines is 1. The Kier molecular flexibility index (Phi) is 6.61. The van der Waals surface area contributed by atoms with Crippen molar-refractivity contribution < 1.29 is 9.59 Å². The number of primary amides is 1. The quantitative estimate of drug-likeness (QED) is 0.583. The van der Waals surface area contributed by atoms with Gasteiger partial charge < -0.3 is 16.4 Å². The molecule has 5 heteroatoms. The second-order valence-corrected chi connectivity index (χ2v) is 9.03. The van der Waals surface area contributed by atoms with Crippen molar-refractivity contribution in [2.45, 2.75) is 44.7 Å². The van der Waals surface area contributed by atoms with Gasteiger partial charge in [0, 0.05) is 5.69 Å². The first-order valence-corrected chi connectivity index (χ1v) is 11.5. The Balaban J connectivity index is 1.69. The Bertz CT molecular complexity index is 1130. The average Bonchev–Trinajstić information content (AvgIpc) is 2.92. The van der Waals surface area contributed by atoms with Gasteiger partial charge >= 0.3 is 0 Å². The van der Waals surface area contributed by atoms with E-state index >= 15 is 0 Å². The van der Waals surface area contributed by atoms with E-state index < -0.39 is 17.4 Å². The van der Waals surface area contributed by atoms with Crippen LogP contribution in [0, 0.1) is 12.8 Å². The van der Waals surface area contributed by atoms with Gasteiger partial charge in [0.15, 0.2) is 0 Å². The van der Waals surface area contributed by atoms with Crippen LogP contribution in [0.2, 0.25) is 0 Å². The molecule has 3 aromatic rings. The van der Waals surface area contributed by atoms with Gasteiger partial charge in [-0.3, -0.25) is 9.59 Å². The molecule has 0 fully saturated rings. The Morgan fingerprint density at radius 3 is 2.33 bits per heavy atom. The summed E-state index contributed by atoms with van der Waals surface area (Å²) >= 11 is 0. The molecule has 0 saturated heterocycles. The number of hydrogen-bond donors (Lipinski definition) is 2. The Morgan fingerprint density at radius 2 is 1.64 bits per heavy atom. The molecule has 2 atom stereocenters. The van der Waals surface area contributed by atoms with Crippen molar-refractivity contribution in [2.24, 2.45) is 17.4 Å². The Labute approximate surface area is 195 Å². The maximum atomic E-state index is 14.1. The Hall–Kier alpha value is -3.44. The van der Waals surface area contributed by atoms with Crippen molar-refractivity contribution in [3.63, 3.8) is 0 Å². The van der Waals surface area contributed by atoms with E-state index in [9.17, 15) is 9.59 Å². The van der Waals surface area contributed by atoms with Crippen molar-refractivity contribution in [1.82, 2.24) is 0 Å². The molecule has 1 aliphatic heterocycles. The highest BCUT2D eigenvalue weighted by atomic mass is 16.2. The van der Waals surface area contributed by atoms with Crippen LogP contribution in [0.3, 0.4) is 0 Å². The summed E-state index contributed by atoms with van der Waals surface area (Å²) < 4.78 is 0. The number of carbonyl (C=O) groups excluding carboxylic acids is 2. The van der Waals surface area contributed by atoms with Gasteiger partial charge in [0.05, 0.1) is 12.5 Å². The molecule has 4 rings (SSSR count). The number of rotatable bonds is 7. The molecule has 1 heterocycles. The van der Waals surface area contributed by atoms with Crippen molar-refractivity contribution in [3.05, 3.63) is 101 Å². The summed E-state index contributed by atoms with van der Waals surface area (Å²) in [4.78, 5) is 28.4. The number of amides is 2. The van der Waals surface area contributed by atoms with Gasteiger partial charge in [-0.05, 0) is 55.4 Å². The number of aryl methyl sites for hydroxylation is 3. The van der Waals surface area contributed by atoms with Crippen LogP contribution < -0.4 is 16.4 Å². The van der Waals surface area contributed by atoms with Gasteiger partial charge in [-0.25, -0.2) is 0 Å². The molecular weight excluding hydrogens is 410 g/mol. The highest BCUT2D eigenvalue weighted by Gasteiger charge is 2.48. The van der Waals surface area contributed by atoms with Gasteiger partial charge in [-0.15, -0.1) is 0 Å². The van der Waals surface area contributed by atoms with E-state index in [1.54, 1.807) is 4.90 Å². The molecule has 5 nitrogen and oxygen atoms in total. The second kappa shape index (κ2) is 9.59. The number of carbonyl (C=O) groups is 2. The minimum atomic E-state index is -1.37. The number of nitrogens with two attached hydrogens (primary N) is 2. The van der Waals surface area contributed by atoms with E-state index in [2.05, 4.69) is 0 Å². The molecule has 3 aromatic carbocycles. The van der Waals surface area contributed by atoms with Crippen molar-refractivity contribution >= 4 is 17.5 Å².